The summed E-state index contributed by atoms with van der Waals surface area (Å²) >= 11 is 6.07. The number of rotatable bonds is 5. The molecule has 0 saturated heterocycles. The Morgan fingerprint density at radius 2 is 1.90 bits per heavy atom. The standard InChI is InChI=1S/C17H19ClN2O/c1-3-19-11-13-7-4-5-10-16(13)20-17(21)14-8-6-9-15(18)12(14)2/h4-10,19H,3,11H2,1-2H3,(H,20,21). The molecule has 2 N–H and O–H groups in total. The number of nitrogens with one attached hydrogen (secondary N) is 2. The lowest BCUT2D eigenvalue weighted by Crippen LogP contribution is -2.17. The van der Waals surface area contributed by atoms with Gasteiger partial charge in [-0.3, -0.25) is 4.79 Å². The highest BCUT2D eigenvalue weighted by atomic mass is 35.5. The van der Waals surface area contributed by atoms with Crippen LogP contribution >= 0.6 is 11.6 Å². The van der Waals surface area contributed by atoms with Crippen molar-refractivity contribution >= 4 is 23.2 Å². The first-order valence-corrected chi connectivity index (χ1v) is 7.36. The van der Waals surface area contributed by atoms with Gasteiger partial charge in [0.1, 0.15) is 0 Å². The molecule has 0 spiro atoms. The van der Waals surface area contributed by atoms with Crippen molar-refractivity contribution < 1.29 is 4.79 Å². The maximum absolute atomic E-state index is 12.4. The Labute approximate surface area is 130 Å². The Morgan fingerprint density at radius 3 is 2.67 bits per heavy atom. The van der Waals surface area contributed by atoms with E-state index in [9.17, 15) is 4.79 Å². The third-order valence-electron chi connectivity index (χ3n) is 3.34. The molecule has 0 radical (unpaired) electrons. The second kappa shape index (κ2) is 7.25. The van der Waals surface area contributed by atoms with Crippen molar-refractivity contribution in [1.82, 2.24) is 5.32 Å². The minimum atomic E-state index is -0.140. The molecular weight excluding hydrogens is 284 g/mol. The molecule has 110 valence electrons. The van der Waals surface area contributed by atoms with Crippen LogP contribution in [0.1, 0.15) is 28.4 Å². The van der Waals surface area contributed by atoms with Crippen LogP contribution in [0.5, 0.6) is 0 Å². The first kappa shape index (κ1) is 15.5. The van der Waals surface area contributed by atoms with E-state index in [0.29, 0.717) is 10.6 Å². The summed E-state index contributed by atoms with van der Waals surface area (Å²) in [4.78, 5) is 12.4. The first-order chi connectivity index (χ1) is 10.1. The smallest absolute Gasteiger partial charge is 0.255 e. The molecule has 2 aromatic rings. The molecule has 3 nitrogen and oxygen atoms in total. The van der Waals surface area contributed by atoms with Crippen LogP contribution in [-0.4, -0.2) is 12.5 Å². The quantitative estimate of drug-likeness (QED) is 0.876. The number of carbonyl (C=O) groups is 1. The van der Waals surface area contributed by atoms with Gasteiger partial charge in [0.2, 0.25) is 0 Å². The topological polar surface area (TPSA) is 41.1 Å². The third-order valence-corrected chi connectivity index (χ3v) is 3.75. The van der Waals surface area contributed by atoms with Gasteiger partial charge in [0.25, 0.3) is 5.91 Å². The van der Waals surface area contributed by atoms with E-state index in [1.165, 1.54) is 0 Å². The number of halogens is 1. The van der Waals surface area contributed by atoms with E-state index in [0.717, 1.165) is 29.9 Å². The fraction of sp³-hybridized carbons (Fsp3) is 0.235. The van der Waals surface area contributed by atoms with Crippen molar-refractivity contribution in [3.8, 4) is 0 Å². The highest BCUT2D eigenvalue weighted by Gasteiger charge is 2.12. The van der Waals surface area contributed by atoms with Crippen LogP contribution in [0, 0.1) is 6.92 Å². The molecule has 0 atom stereocenters. The van der Waals surface area contributed by atoms with Crippen molar-refractivity contribution in [2.24, 2.45) is 0 Å². The first-order valence-electron chi connectivity index (χ1n) is 6.98. The van der Waals surface area contributed by atoms with E-state index in [2.05, 4.69) is 17.6 Å². The molecular formula is C17H19ClN2O. The Kier molecular flexibility index (Phi) is 5.37. The molecule has 0 bridgehead atoms. The van der Waals surface area contributed by atoms with Gasteiger partial charge in [-0.05, 0) is 42.8 Å². The third kappa shape index (κ3) is 3.84. The number of hydrogen-bond donors (Lipinski definition) is 2. The summed E-state index contributed by atoms with van der Waals surface area (Å²) in [6, 6.07) is 13.1. The summed E-state index contributed by atoms with van der Waals surface area (Å²) in [5.74, 6) is -0.140. The molecule has 2 rings (SSSR count). The van der Waals surface area contributed by atoms with Crippen molar-refractivity contribution in [3.63, 3.8) is 0 Å². The minimum absolute atomic E-state index is 0.140. The van der Waals surface area contributed by atoms with Crippen molar-refractivity contribution in [2.45, 2.75) is 20.4 Å². The molecule has 0 aliphatic rings. The number of amides is 1. The summed E-state index contributed by atoms with van der Waals surface area (Å²) in [6.07, 6.45) is 0. The Bertz CT molecular complexity index is 640. The summed E-state index contributed by atoms with van der Waals surface area (Å²) in [6.45, 7) is 5.51. The van der Waals surface area contributed by atoms with Gasteiger partial charge < -0.3 is 10.6 Å². The molecule has 0 aliphatic carbocycles. The van der Waals surface area contributed by atoms with E-state index < -0.39 is 0 Å². The van der Waals surface area contributed by atoms with Crippen molar-refractivity contribution in [1.29, 1.82) is 0 Å². The second-order valence-corrected chi connectivity index (χ2v) is 5.21. The van der Waals surface area contributed by atoms with Gasteiger partial charge in [0.15, 0.2) is 0 Å². The van der Waals surface area contributed by atoms with Crippen molar-refractivity contribution in [2.75, 3.05) is 11.9 Å². The fourth-order valence-corrected chi connectivity index (χ4v) is 2.27. The fourth-order valence-electron chi connectivity index (χ4n) is 2.10. The predicted molar refractivity (Wildman–Crippen MR) is 88.0 cm³/mol. The van der Waals surface area contributed by atoms with E-state index in [4.69, 9.17) is 11.6 Å². The number of benzene rings is 2. The average Bonchev–Trinajstić information content (AvgIpc) is 2.49. The zero-order valence-electron chi connectivity index (χ0n) is 12.2. The van der Waals surface area contributed by atoms with Gasteiger partial charge in [-0.2, -0.15) is 0 Å². The van der Waals surface area contributed by atoms with E-state index in [1.54, 1.807) is 18.2 Å². The normalized spacial score (nSPS) is 10.4. The lowest BCUT2D eigenvalue weighted by Gasteiger charge is -2.13. The second-order valence-electron chi connectivity index (χ2n) is 4.80. The van der Waals surface area contributed by atoms with Crippen LogP contribution in [0.3, 0.4) is 0 Å². The van der Waals surface area contributed by atoms with Crippen LogP contribution in [0.2, 0.25) is 5.02 Å². The summed E-state index contributed by atoms with van der Waals surface area (Å²) in [7, 11) is 0. The zero-order valence-corrected chi connectivity index (χ0v) is 13.0. The molecule has 0 saturated carbocycles. The van der Waals surface area contributed by atoms with E-state index in [-0.39, 0.29) is 5.91 Å². The Balaban J connectivity index is 2.22. The van der Waals surface area contributed by atoms with Crippen LogP contribution in [0.4, 0.5) is 5.69 Å². The van der Waals surface area contributed by atoms with Crippen LogP contribution in [-0.2, 0) is 6.54 Å². The van der Waals surface area contributed by atoms with Gasteiger partial charge in [-0.25, -0.2) is 0 Å². The Morgan fingerprint density at radius 1 is 1.14 bits per heavy atom. The number of carbonyl (C=O) groups excluding carboxylic acids is 1. The molecule has 0 heterocycles. The number of anilines is 1. The monoisotopic (exact) mass is 302 g/mol. The van der Waals surface area contributed by atoms with Crippen LogP contribution < -0.4 is 10.6 Å². The molecule has 21 heavy (non-hydrogen) atoms. The Hall–Kier alpha value is -1.84. The van der Waals surface area contributed by atoms with Gasteiger partial charge in [0.05, 0.1) is 0 Å². The zero-order chi connectivity index (χ0) is 15.2. The lowest BCUT2D eigenvalue weighted by atomic mass is 10.1. The average molecular weight is 303 g/mol. The molecule has 0 aliphatic heterocycles. The SMILES string of the molecule is CCNCc1ccccc1NC(=O)c1cccc(Cl)c1C. The van der Waals surface area contributed by atoms with Gasteiger partial charge in [-0.15, -0.1) is 0 Å². The molecule has 0 fully saturated rings. The van der Waals surface area contributed by atoms with Gasteiger partial charge >= 0.3 is 0 Å². The molecule has 1 amide bonds. The molecule has 4 heteroatoms. The highest BCUT2D eigenvalue weighted by molar-refractivity contribution is 6.32. The van der Waals surface area contributed by atoms with E-state index >= 15 is 0 Å². The maximum Gasteiger partial charge on any atom is 0.255 e. The number of para-hydroxylation sites is 1. The highest BCUT2D eigenvalue weighted by Crippen LogP contribution is 2.21. The van der Waals surface area contributed by atoms with Crippen LogP contribution in [0.25, 0.3) is 0 Å². The predicted octanol–water partition coefficient (Wildman–Crippen LogP) is 4.01. The van der Waals surface area contributed by atoms with Crippen molar-refractivity contribution in [3.05, 3.63) is 64.2 Å². The number of hydrogen-bond acceptors (Lipinski definition) is 2. The molecule has 0 unspecified atom stereocenters. The minimum Gasteiger partial charge on any atom is -0.322 e. The lowest BCUT2D eigenvalue weighted by molar-refractivity contribution is 0.102. The van der Waals surface area contributed by atoms with E-state index in [1.807, 2.05) is 31.2 Å². The molecule has 0 aromatic heterocycles. The summed E-state index contributed by atoms with van der Waals surface area (Å²) < 4.78 is 0. The summed E-state index contributed by atoms with van der Waals surface area (Å²) in [5.41, 5.74) is 3.27. The van der Waals surface area contributed by atoms with Gasteiger partial charge in [-0.1, -0.05) is 42.8 Å². The summed E-state index contributed by atoms with van der Waals surface area (Å²) in [5, 5.41) is 6.83. The van der Waals surface area contributed by atoms with Gasteiger partial charge in [0, 0.05) is 22.8 Å². The molecule has 2 aromatic carbocycles. The maximum atomic E-state index is 12.4. The largest absolute Gasteiger partial charge is 0.322 e. The van der Waals surface area contributed by atoms with Crippen LogP contribution in [0.15, 0.2) is 42.5 Å².